The molecule has 0 aliphatic rings. The van der Waals surface area contributed by atoms with E-state index in [4.69, 9.17) is 11.6 Å². The fourth-order valence-corrected chi connectivity index (χ4v) is 1.42. The van der Waals surface area contributed by atoms with Crippen LogP contribution in [0.1, 0.15) is 5.69 Å². The van der Waals surface area contributed by atoms with Gasteiger partial charge in [-0.25, -0.2) is 9.97 Å². The van der Waals surface area contributed by atoms with Gasteiger partial charge in [0.15, 0.2) is 0 Å². The minimum Gasteiger partial charge on any atom is -0.280 e. The third-order valence-electron chi connectivity index (χ3n) is 1.24. The summed E-state index contributed by atoms with van der Waals surface area (Å²) in [5, 5.41) is 1.11. The van der Waals surface area contributed by atoms with E-state index in [-0.39, 0.29) is 5.28 Å². The summed E-state index contributed by atoms with van der Waals surface area (Å²) in [7, 11) is 1.72. The fraction of sp³-hybridized carbons (Fsp3) is 0.286. The molecular formula is C7H8ClN3S. The van der Waals surface area contributed by atoms with E-state index in [1.807, 2.05) is 6.26 Å². The molecule has 0 unspecified atom stereocenters. The number of thioether (sulfide) groups is 1. The first-order valence-electron chi connectivity index (χ1n) is 3.27. The Morgan fingerprint density at radius 3 is 2.92 bits per heavy atom. The monoisotopic (exact) mass is 201 g/mol. The first kappa shape index (κ1) is 9.48. The molecule has 0 aliphatic carbocycles. The van der Waals surface area contributed by atoms with Crippen LogP contribution in [0.4, 0.5) is 0 Å². The van der Waals surface area contributed by atoms with Gasteiger partial charge in [-0.3, -0.25) is 4.99 Å². The maximum Gasteiger partial charge on any atom is 0.222 e. The van der Waals surface area contributed by atoms with Crippen LogP contribution in [0, 0.1) is 0 Å². The highest BCUT2D eigenvalue weighted by Crippen LogP contribution is 2.09. The van der Waals surface area contributed by atoms with Crippen molar-refractivity contribution in [3.8, 4) is 0 Å². The number of halogens is 1. The van der Waals surface area contributed by atoms with Crippen molar-refractivity contribution in [1.82, 2.24) is 9.97 Å². The number of rotatable bonds is 1. The van der Waals surface area contributed by atoms with E-state index in [9.17, 15) is 0 Å². The maximum absolute atomic E-state index is 5.62. The van der Waals surface area contributed by atoms with Gasteiger partial charge >= 0.3 is 0 Å². The Labute approximate surface area is 80.3 Å². The van der Waals surface area contributed by atoms with E-state index >= 15 is 0 Å². The quantitative estimate of drug-likeness (QED) is 0.396. The maximum atomic E-state index is 5.62. The summed E-state index contributed by atoms with van der Waals surface area (Å²) in [6, 6.07) is 1.78. The summed E-state index contributed by atoms with van der Waals surface area (Å²) in [5.74, 6) is 0. The minimum atomic E-state index is 0.253. The molecule has 0 aliphatic heterocycles. The summed E-state index contributed by atoms with van der Waals surface area (Å²) in [6.45, 7) is 0. The van der Waals surface area contributed by atoms with Gasteiger partial charge in [-0.15, -0.1) is 11.8 Å². The number of aliphatic imine (C=N–C) groups is 1. The van der Waals surface area contributed by atoms with Crippen molar-refractivity contribution in [3.05, 3.63) is 23.2 Å². The van der Waals surface area contributed by atoms with Crippen LogP contribution < -0.4 is 0 Å². The predicted octanol–water partition coefficient (Wildman–Crippen LogP) is 1.87. The highest BCUT2D eigenvalue weighted by molar-refractivity contribution is 8.13. The van der Waals surface area contributed by atoms with E-state index in [1.165, 1.54) is 11.8 Å². The summed E-state index contributed by atoms with van der Waals surface area (Å²) in [6.07, 6.45) is 3.56. The largest absolute Gasteiger partial charge is 0.280 e. The Kier molecular flexibility index (Phi) is 3.49. The molecule has 0 radical (unpaired) electrons. The molecule has 1 rings (SSSR count). The van der Waals surface area contributed by atoms with Gasteiger partial charge < -0.3 is 0 Å². The molecule has 1 heterocycles. The zero-order valence-corrected chi connectivity index (χ0v) is 8.35. The highest BCUT2D eigenvalue weighted by atomic mass is 35.5. The van der Waals surface area contributed by atoms with Crippen molar-refractivity contribution in [2.24, 2.45) is 4.99 Å². The second-order valence-electron chi connectivity index (χ2n) is 1.94. The van der Waals surface area contributed by atoms with Crippen LogP contribution in [0.15, 0.2) is 17.3 Å². The zero-order chi connectivity index (χ0) is 8.97. The Balaban J connectivity index is 3.02. The van der Waals surface area contributed by atoms with Crippen LogP contribution in [0.2, 0.25) is 5.28 Å². The first-order valence-corrected chi connectivity index (χ1v) is 4.88. The zero-order valence-electron chi connectivity index (χ0n) is 6.78. The lowest BCUT2D eigenvalue weighted by Gasteiger charge is -1.99. The molecule has 0 saturated carbocycles. The summed E-state index contributed by atoms with van der Waals surface area (Å²) >= 11 is 7.15. The van der Waals surface area contributed by atoms with E-state index < -0.39 is 0 Å². The Hall–Kier alpha value is -0.610. The highest BCUT2D eigenvalue weighted by Gasteiger charge is 2.02. The molecule has 0 saturated heterocycles. The smallest absolute Gasteiger partial charge is 0.222 e. The number of hydrogen-bond acceptors (Lipinski definition) is 4. The fourth-order valence-electron chi connectivity index (χ4n) is 0.764. The van der Waals surface area contributed by atoms with E-state index in [2.05, 4.69) is 15.0 Å². The lowest BCUT2D eigenvalue weighted by molar-refractivity contribution is 1.15. The SMILES string of the molecule is CN=C(SC)c1ccnc(Cl)n1. The van der Waals surface area contributed by atoms with Gasteiger partial charge in [-0.05, 0) is 23.9 Å². The predicted molar refractivity (Wildman–Crippen MR) is 53.0 cm³/mol. The van der Waals surface area contributed by atoms with E-state index in [1.54, 1.807) is 19.3 Å². The second-order valence-corrected chi connectivity index (χ2v) is 3.08. The molecule has 1 aromatic rings. The van der Waals surface area contributed by atoms with Crippen LogP contribution in [0.25, 0.3) is 0 Å². The molecule has 3 nitrogen and oxygen atoms in total. The summed E-state index contributed by atoms with van der Waals surface area (Å²) in [5.41, 5.74) is 0.769. The van der Waals surface area contributed by atoms with Gasteiger partial charge in [-0.2, -0.15) is 0 Å². The molecule has 0 spiro atoms. The third kappa shape index (κ3) is 2.19. The average molecular weight is 202 g/mol. The molecule has 12 heavy (non-hydrogen) atoms. The van der Waals surface area contributed by atoms with Gasteiger partial charge in [0.25, 0.3) is 0 Å². The summed E-state index contributed by atoms with van der Waals surface area (Å²) < 4.78 is 0. The molecule has 5 heteroatoms. The molecule has 0 N–H and O–H groups in total. The van der Waals surface area contributed by atoms with Crippen LogP contribution in [-0.4, -0.2) is 28.3 Å². The van der Waals surface area contributed by atoms with E-state index in [0.717, 1.165) is 10.7 Å². The number of nitrogens with zero attached hydrogens (tertiary/aromatic N) is 3. The Morgan fingerprint density at radius 2 is 2.42 bits per heavy atom. The van der Waals surface area contributed by atoms with Gasteiger partial charge in [0.05, 0.1) is 5.69 Å². The molecule has 0 amide bonds. The minimum absolute atomic E-state index is 0.253. The van der Waals surface area contributed by atoms with Crippen molar-refractivity contribution >= 4 is 28.4 Å². The lowest BCUT2D eigenvalue weighted by Crippen LogP contribution is -1.99. The van der Waals surface area contributed by atoms with Crippen molar-refractivity contribution in [2.75, 3.05) is 13.3 Å². The first-order chi connectivity index (χ1) is 5.77. The Morgan fingerprint density at radius 1 is 1.67 bits per heavy atom. The molecule has 0 aromatic carbocycles. The van der Waals surface area contributed by atoms with Gasteiger partial charge in [0.2, 0.25) is 5.28 Å². The molecule has 0 atom stereocenters. The van der Waals surface area contributed by atoms with Crippen molar-refractivity contribution < 1.29 is 0 Å². The van der Waals surface area contributed by atoms with Gasteiger partial charge in [0.1, 0.15) is 5.04 Å². The standard InChI is InChI=1S/C7H8ClN3S/c1-9-6(12-2)5-3-4-10-7(8)11-5/h3-4H,1-2H3. The average Bonchev–Trinajstić information content (AvgIpc) is 2.07. The van der Waals surface area contributed by atoms with Crippen molar-refractivity contribution in [3.63, 3.8) is 0 Å². The van der Waals surface area contributed by atoms with Crippen LogP contribution in [0.5, 0.6) is 0 Å². The van der Waals surface area contributed by atoms with Crippen molar-refractivity contribution in [2.45, 2.75) is 0 Å². The van der Waals surface area contributed by atoms with Gasteiger partial charge in [-0.1, -0.05) is 0 Å². The molecule has 64 valence electrons. The third-order valence-corrected chi connectivity index (χ3v) is 2.20. The van der Waals surface area contributed by atoms with Crippen molar-refractivity contribution in [1.29, 1.82) is 0 Å². The molecule has 0 fully saturated rings. The Bertz CT molecular complexity index is 300. The van der Waals surface area contributed by atoms with E-state index in [0.29, 0.717) is 0 Å². The summed E-state index contributed by atoms with van der Waals surface area (Å²) in [4.78, 5) is 11.8. The van der Waals surface area contributed by atoms with Gasteiger partial charge in [0, 0.05) is 13.2 Å². The van der Waals surface area contributed by atoms with Crippen LogP contribution >= 0.6 is 23.4 Å². The second kappa shape index (κ2) is 4.42. The molecular weight excluding hydrogens is 194 g/mol. The normalized spacial score (nSPS) is 11.8. The molecule has 1 aromatic heterocycles. The number of hydrogen-bond donors (Lipinski definition) is 0. The van der Waals surface area contributed by atoms with Crippen LogP contribution in [-0.2, 0) is 0 Å². The van der Waals surface area contributed by atoms with Crippen LogP contribution in [0.3, 0.4) is 0 Å². The lowest BCUT2D eigenvalue weighted by atomic mass is 10.4. The number of aromatic nitrogens is 2. The topological polar surface area (TPSA) is 38.1 Å². The molecule has 0 bridgehead atoms.